The van der Waals surface area contributed by atoms with Crippen LogP contribution in [0.15, 0.2) is 35.8 Å². The average molecular weight is 290 g/mol. The lowest BCUT2D eigenvalue weighted by Crippen LogP contribution is -2.30. The molecule has 0 atom stereocenters. The number of nitrogens with zero attached hydrogens (tertiary/aromatic N) is 3. The predicted octanol–water partition coefficient (Wildman–Crippen LogP) is 2.87. The van der Waals surface area contributed by atoms with Gasteiger partial charge in [0.25, 0.3) is 0 Å². The Hall–Kier alpha value is -2.08. The van der Waals surface area contributed by atoms with Gasteiger partial charge >= 0.3 is 6.03 Å². The zero-order valence-electron chi connectivity index (χ0n) is 11.8. The van der Waals surface area contributed by atoms with E-state index in [0.29, 0.717) is 11.7 Å². The maximum Gasteiger partial charge on any atom is 0.323 e. The number of hydrogen-bond acceptors (Lipinski definition) is 4. The summed E-state index contributed by atoms with van der Waals surface area (Å²) in [6.45, 7) is 0.560. The second-order valence-electron chi connectivity index (χ2n) is 4.68. The van der Waals surface area contributed by atoms with Crippen LogP contribution in [-0.4, -0.2) is 37.1 Å². The zero-order chi connectivity index (χ0) is 14.5. The van der Waals surface area contributed by atoms with E-state index in [9.17, 15) is 4.79 Å². The first-order chi connectivity index (χ1) is 9.56. The number of urea groups is 1. The fourth-order valence-electron chi connectivity index (χ4n) is 1.72. The van der Waals surface area contributed by atoms with E-state index in [-0.39, 0.29) is 6.03 Å². The second-order valence-corrected chi connectivity index (χ2v) is 5.58. The van der Waals surface area contributed by atoms with E-state index in [1.807, 2.05) is 48.6 Å². The van der Waals surface area contributed by atoms with Gasteiger partial charge in [0, 0.05) is 45.0 Å². The van der Waals surface area contributed by atoms with E-state index in [2.05, 4.69) is 10.3 Å². The maximum absolute atomic E-state index is 12.0. The molecule has 6 heteroatoms. The molecule has 0 saturated heterocycles. The third-order valence-electron chi connectivity index (χ3n) is 2.87. The summed E-state index contributed by atoms with van der Waals surface area (Å²) < 4.78 is 0. The lowest BCUT2D eigenvalue weighted by molar-refractivity contribution is 0.220. The number of hydrogen-bond donors (Lipinski definition) is 1. The maximum atomic E-state index is 12.0. The molecule has 106 valence electrons. The number of aromatic nitrogens is 1. The molecule has 0 aliphatic heterocycles. The molecule has 2 amide bonds. The number of carbonyl (C=O) groups excluding carboxylic acids is 1. The van der Waals surface area contributed by atoms with Gasteiger partial charge in [0.05, 0.1) is 0 Å². The Kier molecular flexibility index (Phi) is 4.57. The second kappa shape index (κ2) is 6.38. The zero-order valence-corrected chi connectivity index (χ0v) is 12.6. The summed E-state index contributed by atoms with van der Waals surface area (Å²) in [5, 5.41) is 5.20. The van der Waals surface area contributed by atoms with Crippen molar-refractivity contribution in [3.05, 3.63) is 41.4 Å². The van der Waals surface area contributed by atoms with Crippen LogP contribution in [-0.2, 0) is 6.54 Å². The van der Waals surface area contributed by atoms with E-state index in [1.165, 1.54) is 11.3 Å². The Labute approximate surface area is 122 Å². The molecule has 20 heavy (non-hydrogen) atoms. The highest BCUT2D eigenvalue weighted by Gasteiger charge is 2.10. The van der Waals surface area contributed by atoms with Crippen LogP contribution in [0.2, 0.25) is 0 Å². The quantitative estimate of drug-likeness (QED) is 0.942. The number of benzene rings is 1. The topological polar surface area (TPSA) is 48.5 Å². The fourth-order valence-corrected chi connectivity index (χ4v) is 2.24. The average Bonchev–Trinajstić information content (AvgIpc) is 2.92. The molecule has 0 fully saturated rings. The van der Waals surface area contributed by atoms with Crippen LogP contribution in [0.25, 0.3) is 0 Å². The summed E-state index contributed by atoms with van der Waals surface area (Å²) in [4.78, 5) is 19.7. The first kappa shape index (κ1) is 14.3. The summed E-state index contributed by atoms with van der Waals surface area (Å²) in [5.74, 6) is 0. The molecule has 5 nitrogen and oxygen atoms in total. The van der Waals surface area contributed by atoms with Gasteiger partial charge < -0.3 is 9.80 Å². The molecule has 0 aliphatic carbocycles. The fraction of sp³-hybridized carbons (Fsp3) is 0.286. The van der Waals surface area contributed by atoms with Gasteiger partial charge in [-0.05, 0) is 17.7 Å². The molecule has 0 radical (unpaired) electrons. The summed E-state index contributed by atoms with van der Waals surface area (Å²) in [6, 6.07) is 7.99. The highest BCUT2D eigenvalue weighted by Crippen LogP contribution is 2.14. The normalized spacial score (nSPS) is 10.2. The third kappa shape index (κ3) is 3.71. The minimum Gasteiger partial charge on any atom is -0.378 e. The molecule has 1 aromatic carbocycles. The van der Waals surface area contributed by atoms with Crippen molar-refractivity contribution in [2.24, 2.45) is 0 Å². The first-order valence-corrected chi connectivity index (χ1v) is 7.12. The Balaban J connectivity index is 1.93. The Morgan fingerprint density at radius 1 is 1.25 bits per heavy atom. The molecular formula is C14H18N4OS. The smallest absolute Gasteiger partial charge is 0.323 e. The molecule has 1 heterocycles. The molecule has 0 aliphatic rings. The van der Waals surface area contributed by atoms with Crippen molar-refractivity contribution in [1.29, 1.82) is 0 Å². The monoisotopic (exact) mass is 290 g/mol. The summed E-state index contributed by atoms with van der Waals surface area (Å²) in [7, 11) is 5.77. The van der Waals surface area contributed by atoms with Crippen molar-refractivity contribution in [3.8, 4) is 0 Å². The van der Waals surface area contributed by atoms with Gasteiger partial charge in [-0.1, -0.05) is 12.1 Å². The lowest BCUT2D eigenvalue weighted by atomic mass is 10.2. The Morgan fingerprint density at radius 2 is 1.95 bits per heavy atom. The predicted molar refractivity (Wildman–Crippen MR) is 83.4 cm³/mol. The van der Waals surface area contributed by atoms with E-state index in [0.717, 1.165) is 11.3 Å². The molecule has 2 aromatic rings. The van der Waals surface area contributed by atoms with Crippen LogP contribution >= 0.6 is 11.3 Å². The van der Waals surface area contributed by atoms with Crippen molar-refractivity contribution in [1.82, 2.24) is 9.88 Å². The first-order valence-electron chi connectivity index (χ1n) is 6.24. The number of thiazole rings is 1. The van der Waals surface area contributed by atoms with Gasteiger partial charge in [0.2, 0.25) is 0 Å². The molecular weight excluding hydrogens is 272 g/mol. The number of amides is 2. The van der Waals surface area contributed by atoms with Gasteiger partial charge in [0.1, 0.15) is 0 Å². The van der Waals surface area contributed by atoms with Crippen LogP contribution in [0.1, 0.15) is 5.56 Å². The Bertz CT molecular complexity index is 551. The highest BCUT2D eigenvalue weighted by molar-refractivity contribution is 7.13. The number of nitrogens with one attached hydrogen (secondary N) is 1. The van der Waals surface area contributed by atoms with Gasteiger partial charge in [-0.15, -0.1) is 11.3 Å². The Morgan fingerprint density at radius 3 is 2.50 bits per heavy atom. The van der Waals surface area contributed by atoms with Gasteiger partial charge in [-0.25, -0.2) is 9.78 Å². The lowest BCUT2D eigenvalue weighted by Gasteiger charge is -2.18. The van der Waals surface area contributed by atoms with Crippen molar-refractivity contribution in [2.45, 2.75) is 6.54 Å². The van der Waals surface area contributed by atoms with Crippen LogP contribution < -0.4 is 10.2 Å². The van der Waals surface area contributed by atoms with Crippen molar-refractivity contribution in [3.63, 3.8) is 0 Å². The molecule has 2 rings (SSSR count). The standard InChI is InChI=1S/C14H18N4OS/c1-17(2)12-6-4-11(5-7-12)10-18(3)14(19)16-13-15-8-9-20-13/h4-9H,10H2,1-3H3,(H,15,16,19). The van der Waals surface area contributed by atoms with Gasteiger partial charge in [0.15, 0.2) is 5.13 Å². The number of carbonyl (C=O) groups is 1. The molecule has 0 bridgehead atoms. The SMILES string of the molecule is CN(Cc1ccc(N(C)C)cc1)C(=O)Nc1nccs1. The molecule has 0 unspecified atom stereocenters. The van der Waals surface area contributed by atoms with Crippen molar-refractivity contribution in [2.75, 3.05) is 31.4 Å². The minimum atomic E-state index is -0.156. The third-order valence-corrected chi connectivity index (χ3v) is 3.55. The largest absolute Gasteiger partial charge is 0.378 e. The van der Waals surface area contributed by atoms with Crippen molar-refractivity contribution < 1.29 is 4.79 Å². The van der Waals surface area contributed by atoms with E-state index >= 15 is 0 Å². The van der Waals surface area contributed by atoms with Crippen LogP contribution in [0, 0.1) is 0 Å². The number of rotatable bonds is 4. The van der Waals surface area contributed by atoms with Crippen LogP contribution in [0.3, 0.4) is 0 Å². The summed E-state index contributed by atoms with van der Waals surface area (Å²) >= 11 is 1.40. The van der Waals surface area contributed by atoms with E-state index < -0.39 is 0 Å². The molecule has 0 saturated carbocycles. The van der Waals surface area contributed by atoms with Crippen molar-refractivity contribution >= 4 is 28.2 Å². The number of anilines is 2. The molecule has 1 aromatic heterocycles. The van der Waals surface area contributed by atoms with E-state index in [4.69, 9.17) is 0 Å². The highest BCUT2D eigenvalue weighted by atomic mass is 32.1. The van der Waals surface area contributed by atoms with Crippen LogP contribution in [0.4, 0.5) is 15.6 Å². The summed E-state index contributed by atoms with van der Waals surface area (Å²) in [6.07, 6.45) is 1.67. The van der Waals surface area contributed by atoms with E-state index in [1.54, 1.807) is 18.1 Å². The molecule has 1 N–H and O–H groups in total. The van der Waals surface area contributed by atoms with Crippen LogP contribution in [0.5, 0.6) is 0 Å². The minimum absolute atomic E-state index is 0.156. The van der Waals surface area contributed by atoms with Gasteiger partial charge in [-0.3, -0.25) is 5.32 Å². The summed E-state index contributed by atoms with van der Waals surface area (Å²) in [5.41, 5.74) is 2.23. The molecule has 0 spiro atoms. The van der Waals surface area contributed by atoms with Gasteiger partial charge in [-0.2, -0.15) is 0 Å².